The molecule has 9 heteroatoms. The number of hydrogen-bond donors (Lipinski definition) is 2. The molecule has 1 aliphatic heterocycles. The summed E-state index contributed by atoms with van der Waals surface area (Å²) in [5, 5.41) is 3.31. The number of carbonyl (C=O) groups is 2. The number of nitrogens with zero attached hydrogens (tertiary/aromatic N) is 2. The van der Waals surface area contributed by atoms with Gasteiger partial charge in [0.05, 0.1) is 6.04 Å². The highest BCUT2D eigenvalue weighted by Gasteiger charge is 2.37. The molecule has 2 amide bonds. The molecular weight excluding hydrogens is 468 g/mol. The Morgan fingerprint density at radius 2 is 1.86 bits per heavy atom. The molecule has 1 saturated heterocycles. The van der Waals surface area contributed by atoms with E-state index in [1.807, 2.05) is 60.6 Å². The number of halogens is 1. The second kappa shape index (κ2) is 10.3. The van der Waals surface area contributed by atoms with Crippen LogP contribution in [0.4, 0.5) is 10.5 Å². The molecule has 1 aromatic carbocycles. The van der Waals surface area contributed by atoms with Crippen molar-refractivity contribution < 1.29 is 14.3 Å². The second-order valence-electron chi connectivity index (χ2n) is 10.0. The van der Waals surface area contributed by atoms with Gasteiger partial charge in [0.2, 0.25) is 0 Å². The molecule has 0 atom stereocenters. The molecule has 8 nitrogen and oxygen atoms in total. The van der Waals surface area contributed by atoms with Crippen LogP contribution >= 0.6 is 11.6 Å². The number of rotatable bonds is 6. The van der Waals surface area contributed by atoms with Crippen molar-refractivity contribution in [3.05, 3.63) is 61.5 Å². The maximum absolute atomic E-state index is 13.1. The van der Waals surface area contributed by atoms with Crippen LogP contribution in [0.15, 0.2) is 23.0 Å². The molecule has 2 N–H and O–H groups in total. The van der Waals surface area contributed by atoms with Crippen molar-refractivity contribution >= 4 is 29.3 Å². The van der Waals surface area contributed by atoms with E-state index in [2.05, 4.69) is 15.2 Å². The van der Waals surface area contributed by atoms with Crippen molar-refractivity contribution in [3.8, 4) is 0 Å². The Hall–Kier alpha value is -3.00. The average Bonchev–Trinajstić information content (AvgIpc) is 2.69. The van der Waals surface area contributed by atoms with Crippen LogP contribution in [0, 0.1) is 20.8 Å². The van der Waals surface area contributed by atoms with Gasteiger partial charge >= 0.3 is 6.09 Å². The van der Waals surface area contributed by atoms with Crippen LogP contribution in [0.5, 0.6) is 0 Å². The number of aryl methyl sites for hydroxylation is 2. The van der Waals surface area contributed by atoms with Gasteiger partial charge in [0.15, 0.2) is 0 Å². The number of aromatic amines is 1. The molecule has 2 aromatic rings. The molecule has 0 spiro atoms. The van der Waals surface area contributed by atoms with Crippen molar-refractivity contribution in [1.82, 2.24) is 15.2 Å². The van der Waals surface area contributed by atoms with Crippen molar-refractivity contribution in [2.24, 2.45) is 0 Å². The number of carbonyl (C=O) groups excluding carboxylic acids is 2. The monoisotopic (exact) mass is 502 g/mol. The van der Waals surface area contributed by atoms with Gasteiger partial charge in [0.25, 0.3) is 11.5 Å². The predicted octanol–water partition coefficient (Wildman–Crippen LogP) is 4.33. The number of likely N-dealkylation sites (tertiary alicyclic amines) is 1. The Kier molecular flexibility index (Phi) is 7.84. The normalized spacial score (nSPS) is 13.9. The second-order valence-corrected chi connectivity index (χ2v) is 10.5. The van der Waals surface area contributed by atoms with Crippen LogP contribution in [0.1, 0.15) is 60.4 Å². The number of hydrogen-bond acceptors (Lipinski definition) is 5. The Balaban J connectivity index is 1.76. The lowest BCUT2D eigenvalue weighted by Gasteiger charge is -2.46. The summed E-state index contributed by atoms with van der Waals surface area (Å²) in [6.45, 7) is 15.0. The van der Waals surface area contributed by atoms with E-state index >= 15 is 0 Å². The van der Waals surface area contributed by atoms with E-state index in [0.29, 0.717) is 35.8 Å². The zero-order valence-corrected chi connectivity index (χ0v) is 22.3. The van der Waals surface area contributed by atoms with E-state index in [4.69, 9.17) is 16.3 Å². The highest BCUT2D eigenvalue weighted by Crippen LogP contribution is 2.32. The lowest BCUT2D eigenvalue weighted by atomic mass is 10.0. The fraction of sp³-hybridized carbons (Fsp3) is 0.500. The zero-order valence-electron chi connectivity index (χ0n) is 21.5. The van der Waals surface area contributed by atoms with Crippen LogP contribution in [0.3, 0.4) is 0 Å². The number of pyridine rings is 1. The fourth-order valence-corrected chi connectivity index (χ4v) is 4.53. The first-order valence-corrected chi connectivity index (χ1v) is 12.2. The van der Waals surface area contributed by atoms with Gasteiger partial charge in [-0.1, -0.05) is 11.6 Å². The number of H-pyrrole nitrogens is 1. The topological polar surface area (TPSA) is 94.7 Å². The van der Waals surface area contributed by atoms with Gasteiger partial charge in [0.1, 0.15) is 5.60 Å². The summed E-state index contributed by atoms with van der Waals surface area (Å²) >= 11 is 6.42. The van der Waals surface area contributed by atoms with Gasteiger partial charge in [-0.2, -0.15) is 0 Å². The summed E-state index contributed by atoms with van der Waals surface area (Å²) in [4.78, 5) is 44.4. The number of ether oxygens (including phenoxy) is 1. The highest BCUT2D eigenvalue weighted by molar-refractivity contribution is 6.31. The van der Waals surface area contributed by atoms with Crippen molar-refractivity contribution in [3.63, 3.8) is 0 Å². The summed E-state index contributed by atoms with van der Waals surface area (Å²) in [7, 11) is 0. The Bertz CT molecular complexity index is 1180. The van der Waals surface area contributed by atoms with E-state index in [-0.39, 0.29) is 30.1 Å². The van der Waals surface area contributed by atoms with Crippen LogP contribution < -0.4 is 15.8 Å². The average molecular weight is 503 g/mol. The van der Waals surface area contributed by atoms with Crippen LogP contribution in [-0.2, 0) is 11.3 Å². The number of anilines is 1. The van der Waals surface area contributed by atoms with Crippen molar-refractivity contribution in [2.45, 2.75) is 66.7 Å². The number of nitrogens with one attached hydrogen (secondary N) is 2. The Morgan fingerprint density at radius 1 is 1.20 bits per heavy atom. The first-order chi connectivity index (χ1) is 16.3. The van der Waals surface area contributed by atoms with E-state index in [1.165, 1.54) is 0 Å². The minimum absolute atomic E-state index is 0.0920. The molecule has 0 bridgehead atoms. The predicted molar refractivity (Wildman–Crippen MR) is 139 cm³/mol. The Labute approximate surface area is 211 Å². The fourth-order valence-electron chi connectivity index (χ4n) is 4.32. The third-order valence-electron chi connectivity index (χ3n) is 6.11. The van der Waals surface area contributed by atoms with Gasteiger partial charge in [0, 0.05) is 53.7 Å². The number of benzene rings is 1. The molecule has 1 fully saturated rings. The van der Waals surface area contributed by atoms with Crippen LogP contribution in [-0.4, -0.2) is 53.2 Å². The molecule has 0 aliphatic carbocycles. The SMILES string of the molecule is CCN(c1cc(Cl)cc(C(=O)NCc2c(C)cc(C)[nH]c2=O)c1C)C1CN(C(=O)OC(C)(C)C)C1. The molecular formula is C26H35ClN4O4. The lowest BCUT2D eigenvalue weighted by Crippen LogP contribution is -2.62. The van der Waals surface area contributed by atoms with E-state index in [9.17, 15) is 14.4 Å². The maximum Gasteiger partial charge on any atom is 0.410 e. The summed E-state index contributed by atoms with van der Waals surface area (Å²) in [6.07, 6.45) is -0.325. The Morgan fingerprint density at radius 3 is 2.43 bits per heavy atom. The summed E-state index contributed by atoms with van der Waals surface area (Å²) in [6, 6.07) is 5.46. The zero-order chi connectivity index (χ0) is 26.1. The molecule has 3 rings (SSSR count). The summed E-state index contributed by atoms with van der Waals surface area (Å²) in [5.74, 6) is -0.300. The van der Waals surface area contributed by atoms with E-state index in [1.54, 1.807) is 11.0 Å². The molecule has 0 unspecified atom stereocenters. The summed E-state index contributed by atoms with van der Waals surface area (Å²) in [5.41, 5.74) is 3.47. The largest absolute Gasteiger partial charge is 0.444 e. The highest BCUT2D eigenvalue weighted by atomic mass is 35.5. The third kappa shape index (κ3) is 6.17. The lowest BCUT2D eigenvalue weighted by molar-refractivity contribution is 0.00817. The van der Waals surface area contributed by atoms with Crippen LogP contribution in [0.2, 0.25) is 5.02 Å². The van der Waals surface area contributed by atoms with Crippen LogP contribution in [0.25, 0.3) is 0 Å². The van der Waals surface area contributed by atoms with Gasteiger partial charge < -0.3 is 24.8 Å². The molecule has 190 valence electrons. The van der Waals surface area contributed by atoms with Gasteiger partial charge in [-0.05, 0) is 77.8 Å². The standard InChI is InChI=1S/C26H35ClN4O4/c1-8-31(19-13-30(14-19)25(34)35-26(5,6)7)22-11-18(27)10-20(17(22)4)23(32)28-12-21-15(2)9-16(3)29-24(21)33/h9-11,19H,8,12-14H2,1-7H3,(H,28,32)(H,29,33). The smallest absolute Gasteiger partial charge is 0.410 e. The molecule has 1 aromatic heterocycles. The summed E-state index contributed by atoms with van der Waals surface area (Å²) < 4.78 is 5.46. The van der Waals surface area contributed by atoms with Crippen molar-refractivity contribution in [2.75, 3.05) is 24.5 Å². The molecule has 0 saturated carbocycles. The van der Waals surface area contributed by atoms with Gasteiger partial charge in [-0.15, -0.1) is 0 Å². The minimum Gasteiger partial charge on any atom is -0.444 e. The van der Waals surface area contributed by atoms with Gasteiger partial charge in [-0.3, -0.25) is 9.59 Å². The van der Waals surface area contributed by atoms with E-state index < -0.39 is 5.60 Å². The van der Waals surface area contributed by atoms with Gasteiger partial charge in [-0.25, -0.2) is 4.79 Å². The number of likely N-dealkylation sites (N-methyl/N-ethyl adjacent to an activating group) is 1. The maximum atomic E-state index is 13.1. The first kappa shape index (κ1) is 26.6. The molecule has 1 aliphatic rings. The third-order valence-corrected chi connectivity index (χ3v) is 6.33. The molecule has 35 heavy (non-hydrogen) atoms. The van der Waals surface area contributed by atoms with E-state index in [0.717, 1.165) is 22.5 Å². The minimum atomic E-state index is -0.541. The number of amides is 2. The molecule has 2 heterocycles. The first-order valence-electron chi connectivity index (χ1n) is 11.8. The number of aromatic nitrogens is 1. The molecule has 0 radical (unpaired) electrons. The quantitative estimate of drug-likeness (QED) is 0.613. The van der Waals surface area contributed by atoms with Crippen molar-refractivity contribution in [1.29, 1.82) is 0 Å².